The minimum Gasteiger partial charge on any atom is -0.451 e. The van der Waals surface area contributed by atoms with Gasteiger partial charge in [-0.2, -0.15) is 0 Å². The molecule has 0 radical (unpaired) electrons. The lowest BCUT2D eigenvalue weighted by Gasteiger charge is -2.35. The molecule has 1 fully saturated rings. The van der Waals surface area contributed by atoms with E-state index in [1.54, 1.807) is 0 Å². The summed E-state index contributed by atoms with van der Waals surface area (Å²) in [5, 5.41) is 4.16. The lowest BCUT2D eigenvalue weighted by molar-refractivity contribution is 0.0897. The highest BCUT2D eigenvalue weighted by Gasteiger charge is 2.24. The van der Waals surface area contributed by atoms with Gasteiger partial charge in [-0.05, 0) is 80.7 Å². The van der Waals surface area contributed by atoms with Crippen LogP contribution >= 0.6 is 11.6 Å². The van der Waals surface area contributed by atoms with E-state index in [1.807, 2.05) is 50.2 Å². The largest absolute Gasteiger partial charge is 0.451 e. The molecule has 1 N–H and O–H groups in total. The third-order valence-electron chi connectivity index (χ3n) is 6.11. The summed E-state index contributed by atoms with van der Waals surface area (Å²) in [6.07, 6.45) is 3.53. The molecule has 2 aromatic carbocycles. The Kier molecular flexibility index (Phi) is 6.44. The number of rotatable bonds is 5. The minimum atomic E-state index is -0.381. The van der Waals surface area contributed by atoms with Crippen LogP contribution in [0.4, 0.5) is 0 Å². The number of fused-ring (bicyclic) bond motifs is 1. The van der Waals surface area contributed by atoms with Gasteiger partial charge in [-0.25, -0.2) is 0 Å². The Morgan fingerprint density at radius 2 is 1.74 bits per heavy atom. The number of hydrogen-bond donors (Lipinski definition) is 1. The maximum atomic E-state index is 12.9. The van der Waals surface area contributed by atoms with Crippen molar-refractivity contribution in [2.75, 3.05) is 19.6 Å². The third-order valence-corrected chi connectivity index (χ3v) is 6.36. The van der Waals surface area contributed by atoms with E-state index >= 15 is 0 Å². The maximum absolute atomic E-state index is 12.9. The zero-order valence-corrected chi connectivity index (χ0v) is 18.7. The first-order valence-electron chi connectivity index (χ1n) is 10.8. The van der Waals surface area contributed by atoms with Crippen molar-refractivity contribution in [3.63, 3.8) is 0 Å². The van der Waals surface area contributed by atoms with Gasteiger partial charge in [0.1, 0.15) is 5.58 Å². The molecule has 4 rings (SSSR count). The Bertz CT molecular complexity index is 1150. The van der Waals surface area contributed by atoms with E-state index < -0.39 is 0 Å². The fourth-order valence-electron chi connectivity index (χ4n) is 4.17. The summed E-state index contributed by atoms with van der Waals surface area (Å²) in [6.45, 7) is 6.32. The predicted molar refractivity (Wildman–Crippen MR) is 124 cm³/mol. The zero-order chi connectivity index (χ0) is 22.0. The van der Waals surface area contributed by atoms with Gasteiger partial charge >= 0.3 is 0 Å². The summed E-state index contributed by atoms with van der Waals surface area (Å²) in [7, 11) is 0. The molecule has 0 bridgehead atoms. The van der Waals surface area contributed by atoms with E-state index in [0.29, 0.717) is 22.5 Å². The van der Waals surface area contributed by atoms with Crippen LogP contribution in [-0.2, 0) is 0 Å². The molecule has 162 valence electrons. The highest BCUT2D eigenvalue weighted by atomic mass is 35.5. The van der Waals surface area contributed by atoms with Crippen molar-refractivity contribution in [3.8, 4) is 0 Å². The maximum Gasteiger partial charge on any atom is 0.287 e. The number of amides is 1. The van der Waals surface area contributed by atoms with Crippen molar-refractivity contribution in [1.29, 1.82) is 0 Å². The molecule has 1 atom stereocenters. The SMILES string of the molecule is Cc1cc2oc(C(=O)NCC(c3ccc(Cl)cc3)N3CCCCC3)cc(=O)c2cc1C. The summed E-state index contributed by atoms with van der Waals surface area (Å²) in [6, 6.07) is 12.7. The molecule has 0 spiro atoms. The third kappa shape index (κ3) is 4.83. The van der Waals surface area contributed by atoms with E-state index in [2.05, 4.69) is 10.2 Å². The van der Waals surface area contributed by atoms with Crippen LogP contribution in [0.3, 0.4) is 0 Å². The topological polar surface area (TPSA) is 62.6 Å². The summed E-state index contributed by atoms with van der Waals surface area (Å²) in [5.74, 6) is -0.345. The number of carbonyl (C=O) groups is 1. The van der Waals surface area contributed by atoms with Crippen LogP contribution in [0.5, 0.6) is 0 Å². The van der Waals surface area contributed by atoms with Gasteiger partial charge in [-0.15, -0.1) is 0 Å². The molecule has 2 heterocycles. The van der Waals surface area contributed by atoms with Gasteiger partial charge in [0.2, 0.25) is 0 Å². The van der Waals surface area contributed by atoms with Gasteiger partial charge in [0.25, 0.3) is 5.91 Å². The number of nitrogens with one attached hydrogen (secondary N) is 1. The van der Waals surface area contributed by atoms with Crippen LogP contribution in [-0.4, -0.2) is 30.4 Å². The molecule has 1 saturated heterocycles. The summed E-state index contributed by atoms with van der Waals surface area (Å²) in [4.78, 5) is 27.8. The second-order valence-corrected chi connectivity index (χ2v) is 8.72. The number of benzene rings is 2. The van der Waals surface area contributed by atoms with Crippen LogP contribution < -0.4 is 10.7 Å². The number of nitrogens with zero attached hydrogens (tertiary/aromatic N) is 1. The van der Waals surface area contributed by atoms with E-state index in [1.165, 1.54) is 12.5 Å². The van der Waals surface area contributed by atoms with E-state index in [0.717, 1.165) is 42.6 Å². The van der Waals surface area contributed by atoms with Gasteiger partial charge in [-0.3, -0.25) is 14.5 Å². The molecule has 1 aliphatic rings. The average Bonchev–Trinajstić information content (AvgIpc) is 2.77. The van der Waals surface area contributed by atoms with E-state index in [-0.39, 0.29) is 23.1 Å². The molecular weight excluding hydrogens is 412 g/mol. The Morgan fingerprint density at radius 1 is 1.06 bits per heavy atom. The van der Waals surface area contributed by atoms with Crippen molar-refractivity contribution in [1.82, 2.24) is 10.2 Å². The van der Waals surface area contributed by atoms with Gasteiger partial charge in [0, 0.05) is 17.6 Å². The molecule has 3 aromatic rings. The van der Waals surface area contributed by atoms with Gasteiger partial charge < -0.3 is 9.73 Å². The number of piperidine rings is 1. The highest BCUT2D eigenvalue weighted by molar-refractivity contribution is 6.30. The fourth-order valence-corrected chi connectivity index (χ4v) is 4.30. The fraction of sp³-hybridized carbons (Fsp3) is 0.360. The zero-order valence-electron chi connectivity index (χ0n) is 17.9. The monoisotopic (exact) mass is 438 g/mol. The van der Waals surface area contributed by atoms with E-state index in [9.17, 15) is 9.59 Å². The number of aryl methyl sites for hydroxylation is 2. The summed E-state index contributed by atoms with van der Waals surface area (Å²) >= 11 is 6.07. The molecule has 1 aromatic heterocycles. The van der Waals surface area contributed by atoms with Gasteiger partial charge in [-0.1, -0.05) is 30.2 Å². The van der Waals surface area contributed by atoms with Crippen molar-refractivity contribution in [2.45, 2.75) is 39.2 Å². The molecule has 0 aliphatic carbocycles. The van der Waals surface area contributed by atoms with Crippen molar-refractivity contribution < 1.29 is 9.21 Å². The number of likely N-dealkylation sites (tertiary alicyclic amines) is 1. The van der Waals surface area contributed by atoms with Gasteiger partial charge in [0.15, 0.2) is 11.2 Å². The predicted octanol–water partition coefficient (Wildman–Crippen LogP) is 5.02. The van der Waals surface area contributed by atoms with Crippen LogP contribution in [0.1, 0.15) is 52.5 Å². The first-order valence-corrected chi connectivity index (χ1v) is 11.1. The van der Waals surface area contributed by atoms with Crippen LogP contribution in [0, 0.1) is 13.8 Å². The molecule has 5 nitrogen and oxygen atoms in total. The molecule has 0 saturated carbocycles. The number of carbonyl (C=O) groups excluding carboxylic acids is 1. The molecule has 1 aliphatic heterocycles. The minimum absolute atomic E-state index is 0.0363. The quantitative estimate of drug-likeness (QED) is 0.607. The van der Waals surface area contributed by atoms with Crippen LogP contribution in [0.2, 0.25) is 5.02 Å². The van der Waals surface area contributed by atoms with Gasteiger partial charge in [0.05, 0.1) is 11.4 Å². The Morgan fingerprint density at radius 3 is 2.45 bits per heavy atom. The molecule has 1 amide bonds. The normalized spacial score (nSPS) is 15.7. The average molecular weight is 439 g/mol. The molecule has 31 heavy (non-hydrogen) atoms. The Hall–Kier alpha value is -2.63. The first-order chi connectivity index (χ1) is 14.9. The molecule has 1 unspecified atom stereocenters. The Balaban J connectivity index is 1.56. The van der Waals surface area contributed by atoms with E-state index in [4.69, 9.17) is 16.0 Å². The Labute approximate surface area is 187 Å². The highest BCUT2D eigenvalue weighted by Crippen LogP contribution is 2.25. The van der Waals surface area contributed by atoms with Crippen LogP contribution in [0.25, 0.3) is 11.0 Å². The first kappa shape index (κ1) is 21.6. The number of halogens is 1. The van der Waals surface area contributed by atoms with Crippen molar-refractivity contribution in [3.05, 3.63) is 80.2 Å². The lowest BCUT2D eigenvalue weighted by Crippen LogP contribution is -2.40. The standard InChI is InChI=1S/C25H27ClN2O3/c1-16-12-20-22(29)14-24(31-23(20)13-17(16)2)25(30)27-15-21(28-10-4-3-5-11-28)18-6-8-19(26)9-7-18/h6-9,12-14,21H,3-5,10-11,15H2,1-2H3,(H,27,30). The van der Waals surface area contributed by atoms with Crippen molar-refractivity contribution >= 4 is 28.5 Å². The molecular formula is C25H27ClN2O3. The van der Waals surface area contributed by atoms with Crippen molar-refractivity contribution in [2.24, 2.45) is 0 Å². The second-order valence-electron chi connectivity index (χ2n) is 8.28. The number of hydrogen-bond acceptors (Lipinski definition) is 4. The van der Waals surface area contributed by atoms with Crippen LogP contribution in [0.15, 0.2) is 51.7 Å². The smallest absolute Gasteiger partial charge is 0.287 e. The lowest BCUT2D eigenvalue weighted by atomic mass is 10.0. The molecule has 6 heteroatoms. The summed E-state index contributed by atoms with van der Waals surface area (Å²) < 4.78 is 5.80. The second kappa shape index (κ2) is 9.25. The summed E-state index contributed by atoms with van der Waals surface area (Å²) in [5.41, 5.74) is 3.37.